The minimum atomic E-state index is 0.463. The van der Waals surface area contributed by atoms with Crippen LogP contribution in [0.4, 0.5) is 5.69 Å². The van der Waals surface area contributed by atoms with Crippen molar-refractivity contribution in [2.24, 2.45) is 0 Å². The zero-order valence-electron chi connectivity index (χ0n) is 13.2. The van der Waals surface area contributed by atoms with Crippen LogP contribution in [0, 0.1) is 0 Å². The summed E-state index contributed by atoms with van der Waals surface area (Å²) in [5, 5.41) is 4.24. The van der Waals surface area contributed by atoms with Gasteiger partial charge in [-0.3, -0.25) is 0 Å². The molecular weight excluding hydrogens is 280 g/mol. The zero-order chi connectivity index (χ0) is 15.4. The Kier molecular flexibility index (Phi) is 5.27. The Morgan fingerprint density at radius 3 is 2.29 bits per heavy atom. The SMILES string of the molecule is CC(C)NCc1ccc(Cl)cc1-c1ccc(N(C)C)cc1. The lowest BCUT2D eigenvalue weighted by atomic mass is 9.99. The third-order valence-electron chi connectivity index (χ3n) is 3.47. The Bertz CT molecular complexity index is 589. The lowest BCUT2D eigenvalue weighted by Crippen LogP contribution is -2.22. The molecule has 0 spiro atoms. The first kappa shape index (κ1) is 15.9. The van der Waals surface area contributed by atoms with Crippen molar-refractivity contribution in [3.8, 4) is 11.1 Å². The molecule has 0 saturated carbocycles. The predicted molar refractivity (Wildman–Crippen MR) is 93.2 cm³/mol. The van der Waals surface area contributed by atoms with Crippen LogP contribution in [-0.2, 0) is 6.54 Å². The molecule has 2 nitrogen and oxygen atoms in total. The molecule has 0 aliphatic heterocycles. The third kappa shape index (κ3) is 4.23. The maximum atomic E-state index is 6.18. The van der Waals surface area contributed by atoms with Crippen LogP contribution in [0.2, 0.25) is 5.02 Å². The van der Waals surface area contributed by atoms with Gasteiger partial charge in [0.2, 0.25) is 0 Å². The van der Waals surface area contributed by atoms with E-state index in [0.717, 1.165) is 11.6 Å². The molecule has 0 fully saturated rings. The van der Waals surface area contributed by atoms with Gasteiger partial charge in [-0.1, -0.05) is 43.6 Å². The number of hydrogen-bond acceptors (Lipinski definition) is 2. The van der Waals surface area contributed by atoms with E-state index in [1.807, 2.05) is 26.2 Å². The van der Waals surface area contributed by atoms with Gasteiger partial charge < -0.3 is 10.2 Å². The normalized spacial score (nSPS) is 11.0. The van der Waals surface area contributed by atoms with Crippen LogP contribution in [0.25, 0.3) is 11.1 Å². The van der Waals surface area contributed by atoms with Crippen LogP contribution in [0.1, 0.15) is 19.4 Å². The van der Waals surface area contributed by atoms with E-state index in [-0.39, 0.29) is 0 Å². The summed E-state index contributed by atoms with van der Waals surface area (Å²) in [7, 11) is 4.10. The van der Waals surface area contributed by atoms with Crippen molar-refractivity contribution in [3.05, 3.63) is 53.1 Å². The fourth-order valence-corrected chi connectivity index (χ4v) is 2.40. The van der Waals surface area contributed by atoms with Crippen molar-refractivity contribution in [2.45, 2.75) is 26.4 Å². The number of nitrogens with one attached hydrogen (secondary N) is 1. The zero-order valence-corrected chi connectivity index (χ0v) is 13.9. The van der Waals surface area contributed by atoms with E-state index < -0.39 is 0 Å². The summed E-state index contributed by atoms with van der Waals surface area (Å²) in [5.41, 5.74) is 4.86. The van der Waals surface area contributed by atoms with Crippen LogP contribution in [0.3, 0.4) is 0 Å². The number of rotatable bonds is 5. The lowest BCUT2D eigenvalue weighted by molar-refractivity contribution is 0.589. The van der Waals surface area contributed by atoms with Crippen LogP contribution in [0.15, 0.2) is 42.5 Å². The highest BCUT2D eigenvalue weighted by atomic mass is 35.5. The fraction of sp³-hybridized carbons (Fsp3) is 0.333. The van der Waals surface area contributed by atoms with Gasteiger partial charge in [0.25, 0.3) is 0 Å². The molecule has 0 amide bonds. The summed E-state index contributed by atoms with van der Waals surface area (Å²) >= 11 is 6.18. The summed E-state index contributed by atoms with van der Waals surface area (Å²) in [4.78, 5) is 2.10. The van der Waals surface area contributed by atoms with Crippen molar-refractivity contribution in [1.82, 2.24) is 5.32 Å². The van der Waals surface area contributed by atoms with Crippen molar-refractivity contribution >= 4 is 17.3 Å². The average Bonchev–Trinajstić information content (AvgIpc) is 2.46. The molecule has 112 valence electrons. The highest BCUT2D eigenvalue weighted by Crippen LogP contribution is 2.28. The number of halogens is 1. The van der Waals surface area contributed by atoms with E-state index in [4.69, 9.17) is 11.6 Å². The topological polar surface area (TPSA) is 15.3 Å². The quantitative estimate of drug-likeness (QED) is 0.870. The van der Waals surface area contributed by atoms with Crippen molar-refractivity contribution in [3.63, 3.8) is 0 Å². The second kappa shape index (κ2) is 6.97. The molecule has 21 heavy (non-hydrogen) atoms. The number of benzene rings is 2. The first-order valence-electron chi connectivity index (χ1n) is 7.27. The number of nitrogens with zero attached hydrogens (tertiary/aromatic N) is 1. The first-order valence-corrected chi connectivity index (χ1v) is 7.64. The summed E-state index contributed by atoms with van der Waals surface area (Å²) in [6.45, 7) is 5.16. The lowest BCUT2D eigenvalue weighted by Gasteiger charge is -2.15. The van der Waals surface area contributed by atoms with Crippen molar-refractivity contribution in [1.29, 1.82) is 0 Å². The predicted octanol–water partition coefficient (Wildman–Crippen LogP) is 4.57. The maximum absolute atomic E-state index is 6.18. The molecular formula is C18H23ClN2. The van der Waals surface area contributed by atoms with Gasteiger partial charge in [0, 0.05) is 37.4 Å². The van der Waals surface area contributed by atoms with Gasteiger partial charge in [-0.15, -0.1) is 0 Å². The molecule has 0 aliphatic carbocycles. The maximum Gasteiger partial charge on any atom is 0.0412 e. The van der Waals surface area contributed by atoms with E-state index in [2.05, 4.69) is 54.4 Å². The van der Waals surface area contributed by atoms with Gasteiger partial charge in [-0.2, -0.15) is 0 Å². The molecule has 0 heterocycles. The van der Waals surface area contributed by atoms with E-state index in [1.54, 1.807) is 0 Å². The van der Waals surface area contributed by atoms with E-state index >= 15 is 0 Å². The van der Waals surface area contributed by atoms with Gasteiger partial charge in [0.05, 0.1) is 0 Å². The van der Waals surface area contributed by atoms with Crippen molar-refractivity contribution in [2.75, 3.05) is 19.0 Å². The minimum absolute atomic E-state index is 0.463. The van der Waals surface area contributed by atoms with E-state index in [1.165, 1.54) is 22.4 Å². The second-order valence-electron chi connectivity index (χ2n) is 5.78. The van der Waals surface area contributed by atoms with Gasteiger partial charge in [0.15, 0.2) is 0 Å². The third-order valence-corrected chi connectivity index (χ3v) is 3.70. The molecule has 0 bridgehead atoms. The van der Waals surface area contributed by atoms with Gasteiger partial charge in [0.1, 0.15) is 0 Å². The first-order chi connectivity index (χ1) is 9.97. The standard InChI is InChI=1S/C18H23ClN2/c1-13(2)20-12-15-5-8-16(19)11-18(15)14-6-9-17(10-7-14)21(3)4/h5-11,13,20H,12H2,1-4H3. The van der Waals surface area contributed by atoms with Gasteiger partial charge in [-0.25, -0.2) is 0 Å². The number of hydrogen-bond donors (Lipinski definition) is 1. The fourth-order valence-electron chi connectivity index (χ4n) is 2.22. The molecule has 0 atom stereocenters. The molecule has 0 radical (unpaired) electrons. The Morgan fingerprint density at radius 2 is 1.71 bits per heavy atom. The summed E-state index contributed by atoms with van der Waals surface area (Å²) in [6.07, 6.45) is 0. The van der Waals surface area contributed by atoms with E-state index in [9.17, 15) is 0 Å². The minimum Gasteiger partial charge on any atom is -0.378 e. The molecule has 0 aliphatic rings. The highest BCUT2D eigenvalue weighted by molar-refractivity contribution is 6.30. The summed E-state index contributed by atoms with van der Waals surface area (Å²) < 4.78 is 0. The Labute approximate surface area is 132 Å². The molecule has 3 heteroatoms. The monoisotopic (exact) mass is 302 g/mol. The van der Waals surface area contributed by atoms with Gasteiger partial charge >= 0.3 is 0 Å². The second-order valence-corrected chi connectivity index (χ2v) is 6.21. The largest absolute Gasteiger partial charge is 0.378 e. The van der Waals surface area contributed by atoms with Gasteiger partial charge in [-0.05, 0) is 41.0 Å². The average molecular weight is 303 g/mol. The molecule has 0 unspecified atom stereocenters. The Hall–Kier alpha value is -1.51. The molecule has 2 aromatic rings. The molecule has 0 saturated heterocycles. The number of anilines is 1. The molecule has 2 aromatic carbocycles. The molecule has 0 aromatic heterocycles. The summed E-state index contributed by atoms with van der Waals surface area (Å²) in [6, 6.07) is 15.1. The van der Waals surface area contributed by atoms with Crippen LogP contribution < -0.4 is 10.2 Å². The smallest absolute Gasteiger partial charge is 0.0412 e. The molecule has 2 rings (SSSR count). The van der Waals surface area contributed by atoms with Crippen molar-refractivity contribution < 1.29 is 0 Å². The summed E-state index contributed by atoms with van der Waals surface area (Å²) in [5.74, 6) is 0. The van der Waals surface area contributed by atoms with Crippen LogP contribution in [-0.4, -0.2) is 20.1 Å². The molecule has 1 N–H and O–H groups in total. The Morgan fingerprint density at radius 1 is 1.05 bits per heavy atom. The highest BCUT2D eigenvalue weighted by Gasteiger charge is 2.07. The van der Waals surface area contributed by atoms with Crippen LogP contribution >= 0.6 is 11.6 Å². The van der Waals surface area contributed by atoms with Crippen LogP contribution in [0.5, 0.6) is 0 Å². The van der Waals surface area contributed by atoms with E-state index in [0.29, 0.717) is 6.04 Å². The Balaban J connectivity index is 2.34.